The third kappa shape index (κ3) is 5.52. The lowest BCUT2D eigenvalue weighted by molar-refractivity contribution is 0.104. The van der Waals surface area contributed by atoms with Crippen molar-refractivity contribution in [2.75, 3.05) is 20.2 Å². The number of phenolic OH excluding ortho intramolecular Hbond substituents is 1. The maximum Gasteiger partial charge on any atom is 0.189 e. The minimum absolute atomic E-state index is 0.122. The zero-order chi connectivity index (χ0) is 21.0. The number of phenols is 1. The van der Waals surface area contributed by atoms with Crippen LogP contribution in [0.15, 0.2) is 36.4 Å². The smallest absolute Gasteiger partial charge is 0.189 e. The van der Waals surface area contributed by atoms with Gasteiger partial charge in [0.05, 0.1) is 12.7 Å². The highest BCUT2D eigenvalue weighted by molar-refractivity contribution is 6.35. The summed E-state index contributed by atoms with van der Waals surface area (Å²) in [4.78, 5) is 15.0. The average Bonchev–Trinajstić information content (AvgIpc) is 2.69. The molecule has 2 aromatic carbocycles. The van der Waals surface area contributed by atoms with E-state index in [2.05, 4.69) is 4.90 Å². The molecule has 7 heteroatoms. The van der Waals surface area contributed by atoms with E-state index in [-0.39, 0.29) is 23.1 Å². The molecule has 0 unspecified atom stereocenters. The SMILES string of the molecule is COc1cc(O)c(C(=O)/C=C/c2ccc(Cl)cc2Cl)cc1CN1CCC(N)CC1. The van der Waals surface area contributed by atoms with Gasteiger partial charge in [0.1, 0.15) is 11.5 Å². The Balaban J connectivity index is 1.82. The van der Waals surface area contributed by atoms with Gasteiger partial charge in [-0.05, 0) is 61.8 Å². The Hall–Kier alpha value is -2.05. The first-order valence-corrected chi connectivity index (χ1v) is 10.2. The Morgan fingerprint density at radius 3 is 2.66 bits per heavy atom. The summed E-state index contributed by atoms with van der Waals surface area (Å²) in [5, 5.41) is 11.3. The topological polar surface area (TPSA) is 75.8 Å². The van der Waals surface area contributed by atoms with Crippen molar-refractivity contribution in [3.63, 3.8) is 0 Å². The van der Waals surface area contributed by atoms with Crippen molar-refractivity contribution in [3.05, 3.63) is 63.1 Å². The van der Waals surface area contributed by atoms with Crippen LogP contribution in [0.5, 0.6) is 11.5 Å². The second kappa shape index (κ2) is 9.63. The number of ether oxygens (including phenoxy) is 1. The number of likely N-dealkylation sites (tertiary alicyclic amines) is 1. The van der Waals surface area contributed by atoms with E-state index in [1.54, 1.807) is 37.5 Å². The summed E-state index contributed by atoms with van der Waals surface area (Å²) in [5.74, 6) is 0.111. The molecular weight excluding hydrogens is 411 g/mol. The number of ketones is 1. The number of piperidine rings is 1. The van der Waals surface area contributed by atoms with Crippen LogP contribution in [0.25, 0.3) is 6.08 Å². The molecule has 0 spiro atoms. The van der Waals surface area contributed by atoms with Crippen molar-refractivity contribution in [2.45, 2.75) is 25.4 Å². The second-order valence-electron chi connectivity index (χ2n) is 7.16. The molecule has 2 aromatic rings. The number of halogens is 2. The van der Waals surface area contributed by atoms with E-state index in [0.29, 0.717) is 27.9 Å². The predicted molar refractivity (Wildman–Crippen MR) is 117 cm³/mol. The van der Waals surface area contributed by atoms with Gasteiger partial charge in [-0.25, -0.2) is 0 Å². The number of aromatic hydroxyl groups is 1. The van der Waals surface area contributed by atoms with Gasteiger partial charge in [-0.15, -0.1) is 0 Å². The van der Waals surface area contributed by atoms with Gasteiger partial charge < -0.3 is 15.6 Å². The summed E-state index contributed by atoms with van der Waals surface area (Å²) in [6.07, 6.45) is 4.88. The maximum atomic E-state index is 12.7. The first kappa shape index (κ1) is 21.7. The van der Waals surface area contributed by atoms with Gasteiger partial charge in [0.15, 0.2) is 5.78 Å². The summed E-state index contributed by atoms with van der Waals surface area (Å²) in [5.41, 5.74) is 7.71. The lowest BCUT2D eigenvalue weighted by atomic mass is 10.0. The summed E-state index contributed by atoms with van der Waals surface area (Å²) >= 11 is 12.0. The fraction of sp³-hybridized carbons (Fsp3) is 0.318. The van der Waals surface area contributed by atoms with Crippen molar-refractivity contribution in [1.29, 1.82) is 0 Å². The minimum Gasteiger partial charge on any atom is -0.507 e. The molecule has 1 fully saturated rings. The van der Waals surface area contributed by atoms with Crippen LogP contribution >= 0.6 is 23.2 Å². The van der Waals surface area contributed by atoms with Gasteiger partial charge in [-0.2, -0.15) is 0 Å². The Kier molecular flexibility index (Phi) is 7.19. The van der Waals surface area contributed by atoms with Crippen LogP contribution in [0, 0.1) is 0 Å². The van der Waals surface area contributed by atoms with E-state index < -0.39 is 0 Å². The molecule has 0 atom stereocenters. The fourth-order valence-electron chi connectivity index (χ4n) is 3.37. The Labute approximate surface area is 180 Å². The van der Waals surface area contributed by atoms with Crippen molar-refractivity contribution < 1.29 is 14.6 Å². The molecule has 1 heterocycles. The molecule has 29 heavy (non-hydrogen) atoms. The number of allylic oxidation sites excluding steroid dienone is 1. The summed E-state index contributed by atoms with van der Waals surface area (Å²) < 4.78 is 5.41. The molecule has 1 saturated heterocycles. The molecule has 3 N–H and O–H groups in total. The fourth-order valence-corrected chi connectivity index (χ4v) is 3.84. The average molecular weight is 435 g/mol. The lowest BCUT2D eigenvalue weighted by Crippen LogP contribution is -2.39. The number of rotatable bonds is 6. The highest BCUT2D eigenvalue weighted by atomic mass is 35.5. The first-order chi connectivity index (χ1) is 13.9. The van der Waals surface area contributed by atoms with Crippen LogP contribution in [0.2, 0.25) is 10.0 Å². The van der Waals surface area contributed by atoms with E-state index >= 15 is 0 Å². The largest absolute Gasteiger partial charge is 0.507 e. The quantitative estimate of drug-likeness (QED) is 0.515. The van der Waals surface area contributed by atoms with Gasteiger partial charge in [0, 0.05) is 34.3 Å². The number of hydrogen-bond donors (Lipinski definition) is 2. The normalized spacial score (nSPS) is 15.7. The number of nitrogens with two attached hydrogens (primary N) is 1. The molecule has 0 amide bonds. The molecule has 0 aromatic heterocycles. The summed E-state index contributed by atoms with van der Waals surface area (Å²) in [6, 6.07) is 8.47. The molecule has 0 aliphatic carbocycles. The lowest BCUT2D eigenvalue weighted by Gasteiger charge is -2.30. The zero-order valence-electron chi connectivity index (χ0n) is 16.2. The standard InChI is InChI=1S/C22H24Cl2N2O3/c1-29-22-12-21(28)18(10-15(22)13-26-8-6-17(25)7-9-26)20(27)5-3-14-2-4-16(23)11-19(14)24/h2-5,10-12,17,28H,6-9,13,25H2,1H3/b5-3+. The van der Waals surface area contributed by atoms with Crippen molar-refractivity contribution in [3.8, 4) is 11.5 Å². The van der Waals surface area contributed by atoms with E-state index in [4.69, 9.17) is 33.7 Å². The monoisotopic (exact) mass is 434 g/mol. The van der Waals surface area contributed by atoms with Crippen molar-refractivity contribution >= 4 is 35.1 Å². The Bertz CT molecular complexity index is 923. The summed E-state index contributed by atoms with van der Waals surface area (Å²) in [7, 11) is 1.55. The molecule has 1 aliphatic rings. The van der Waals surface area contributed by atoms with Gasteiger partial charge in [-0.1, -0.05) is 29.3 Å². The van der Waals surface area contributed by atoms with Crippen LogP contribution in [-0.2, 0) is 6.54 Å². The summed E-state index contributed by atoms with van der Waals surface area (Å²) in [6.45, 7) is 2.41. The second-order valence-corrected chi connectivity index (χ2v) is 8.00. The van der Waals surface area contributed by atoms with Gasteiger partial charge in [0.25, 0.3) is 0 Å². The molecule has 0 radical (unpaired) electrons. The van der Waals surface area contributed by atoms with Crippen LogP contribution in [-0.4, -0.2) is 42.0 Å². The third-order valence-corrected chi connectivity index (χ3v) is 5.63. The number of carbonyl (C=O) groups excluding carboxylic acids is 1. The number of carbonyl (C=O) groups is 1. The minimum atomic E-state index is -0.321. The van der Waals surface area contributed by atoms with Gasteiger partial charge >= 0.3 is 0 Å². The van der Waals surface area contributed by atoms with Crippen molar-refractivity contribution in [2.24, 2.45) is 5.73 Å². The Morgan fingerprint density at radius 1 is 1.28 bits per heavy atom. The van der Waals surface area contributed by atoms with Crippen LogP contribution < -0.4 is 10.5 Å². The van der Waals surface area contributed by atoms with E-state index in [1.165, 1.54) is 12.1 Å². The van der Waals surface area contributed by atoms with Crippen molar-refractivity contribution in [1.82, 2.24) is 4.90 Å². The molecule has 0 saturated carbocycles. The van der Waals surface area contributed by atoms with Crippen LogP contribution in [0.3, 0.4) is 0 Å². The van der Waals surface area contributed by atoms with E-state index in [0.717, 1.165) is 31.5 Å². The molecule has 154 valence electrons. The maximum absolute atomic E-state index is 12.7. The predicted octanol–water partition coefficient (Wildman–Crippen LogP) is 4.53. The molecule has 1 aliphatic heterocycles. The van der Waals surface area contributed by atoms with Gasteiger partial charge in [0.2, 0.25) is 0 Å². The highest BCUT2D eigenvalue weighted by Crippen LogP contribution is 2.31. The number of benzene rings is 2. The number of nitrogens with zero attached hydrogens (tertiary/aromatic N) is 1. The highest BCUT2D eigenvalue weighted by Gasteiger charge is 2.20. The van der Waals surface area contributed by atoms with Crippen LogP contribution in [0.1, 0.15) is 34.3 Å². The van der Waals surface area contributed by atoms with Gasteiger partial charge in [-0.3, -0.25) is 9.69 Å². The molecule has 5 nitrogen and oxygen atoms in total. The molecular formula is C22H24Cl2N2O3. The van der Waals surface area contributed by atoms with E-state index in [9.17, 15) is 9.90 Å². The number of methoxy groups -OCH3 is 1. The first-order valence-electron chi connectivity index (χ1n) is 9.42. The Morgan fingerprint density at radius 2 is 2.00 bits per heavy atom. The third-order valence-electron chi connectivity index (χ3n) is 5.07. The molecule has 0 bridgehead atoms. The molecule has 3 rings (SSSR count). The zero-order valence-corrected chi connectivity index (χ0v) is 17.7. The number of hydrogen-bond acceptors (Lipinski definition) is 5. The van der Waals surface area contributed by atoms with Crippen LogP contribution in [0.4, 0.5) is 0 Å². The van der Waals surface area contributed by atoms with E-state index in [1.807, 2.05) is 0 Å².